The average Bonchev–Trinajstić information content (AvgIpc) is 2.47. The monoisotopic (exact) mass is 317 g/mol. The highest BCUT2D eigenvalue weighted by Gasteiger charge is 2.20. The molecule has 0 spiro atoms. The summed E-state index contributed by atoms with van der Waals surface area (Å²) in [6, 6.07) is 3.69. The quantitative estimate of drug-likeness (QED) is 0.758. The van der Waals surface area contributed by atoms with E-state index in [9.17, 15) is 9.59 Å². The SMILES string of the molecule is C=CCNC(=O)C(C)N(C)CC(=O)Nc1c(C)cc(C)cc1C. The van der Waals surface area contributed by atoms with Gasteiger partial charge in [0.1, 0.15) is 0 Å². The molecule has 0 heterocycles. The zero-order chi connectivity index (χ0) is 17.6. The summed E-state index contributed by atoms with van der Waals surface area (Å²) in [5.74, 6) is -0.256. The van der Waals surface area contributed by atoms with Crippen molar-refractivity contribution in [2.24, 2.45) is 0 Å². The largest absolute Gasteiger partial charge is 0.351 e. The number of likely N-dealkylation sites (N-methyl/N-ethyl adjacent to an activating group) is 1. The molecule has 0 aromatic heterocycles. The number of benzene rings is 1. The molecule has 5 heteroatoms. The fraction of sp³-hybridized carbons (Fsp3) is 0.444. The molecular weight excluding hydrogens is 290 g/mol. The fourth-order valence-corrected chi connectivity index (χ4v) is 2.44. The summed E-state index contributed by atoms with van der Waals surface area (Å²) in [4.78, 5) is 25.9. The van der Waals surface area contributed by atoms with Crippen molar-refractivity contribution in [3.05, 3.63) is 41.5 Å². The predicted molar refractivity (Wildman–Crippen MR) is 94.6 cm³/mol. The van der Waals surface area contributed by atoms with E-state index in [0.29, 0.717) is 6.54 Å². The Morgan fingerprint density at radius 2 is 1.83 bits per heavy atom. The van der Waals surface area contributed by atoms with Gasteiger partial charge in [-0.1, -0.05) is 23.8 Å². The van der Waals surface area contributed by atoms with E-state index in [4.69, 9.17) is 0 Å². The third-order valence-electron chi connectivity index (χ3n) is 3.80. The maximum absolute atomic E-state index is 12.3. The Morgan fingerprint density at radius 1 is 1.26 bits per heavy atom. The number of amides is 2. The molecule has 1 rings (SSSR count). The molecule has 0 saturated carbocycles. The maximum Gasteiger partial charge on any atom is 0.238 e. The van der Waals surface area contributed by atoms with Crippen LogP contribution in [0.2, 0.25) is 0 Å². The molecule has 0 aliphatic carbocycles. The van der Waals surface area contributed by atoms with Gasteiger partial charge in [0.05, 0.1) is 12.6 Å². The van der Waals surface area contributed by atoms with E-state index in [0.717, 1.165) is 16.8 Å². The van der Waals surface area contributed by atoms with Gasteiger partial charge in [0.25, 0.3) is 0 Å². The van der Waals surface area contributed by atoms with E-state index in [1.54, 1.807) is 24.9 Å². The van der Waals surface area contributed by atoms with Crippen molar-refractivity contribution in [1.82, 2.24) is 10.2 Å². The lowest BCUT2D eigenvalue weighted by Gasteiger charge is -2.23. The second-order valence-electron chi connectivity index (χ2n) is 5.95. The lowest BCUT2D eigenvalue weighted by Crippen LogP contribution is -2.46. The molecule has 23 heavy (non-hydrogen) atoms. The summed E-state index contributed by atoms with van der Waals surface area (Å²) < 4.78 is 0. The molecule has 0 aliphatic rings. The van der Waals surface area contributed by atoms with Gasteiger partial charge < -0.3 is 10.6 Å². The van der Waals surface area contributed by atoms with Gasteiger partial charge in [-0.25, -0.2) is 0 Å². The van der Waals surface area contributed by atoms with Crippen LogP contribution in [0.4, 0.5) is 5.69 Å². The summed E-state index contributed by atoms with van der Waals surface area (Å²) in [5.41, 5.74) is 4.09. The lowest BCUT2D eigenvalue weighted by molar-refractivity contribution is -0.126. The standard InChI is InChI=1S/C18H27N3O2/c1-7-8-19-18(23)15(5)21(6)11-16(22)20-17-13(3)9-12(2)10-14(17)4/h7,9-10,15H,1,8,11H2,2-6H3,(H,19,23)(H,20,22). The van der Waals surface area contributed by atoms with Gasteiger partial charge in [0, 0.05) is 12.2 Å². The number of nitrogens with one attached hydrogen (secondary N) is 2. The smallest absolute Gasteiger partial charge is 0.238 e. The van der Waals surface area contributed by atoms with Crippen LogP contribution < -0.4 is 10.6 Å². The van der Waals surface area contributed by atoms with Crippen LogP contribution in [0.25, 0.3) is 0 Å². The van der Waals surface area contributed by atoms with Gasteiger partial charge in [-0.05, 0) is 45.9 Å². The molecule has 5 nitrogen and oxygen atoms in total. The van der Waals surface area contributed by atoms with Gasteiger partial charge in [-0.15, -0.1) is 6.58 Å². The molecule has 1 atom stereocenters. The first kappa shape index (κ1) is 18.9. The third-order valence-corrected chi connectivity index (χ3v) is 3.80. The number of carbonyl (C=O) groups excluding carboxylic acids is 2. The van der Waals surface area contributed by atoms with Crippen LogP contribution in [0, 0.1) is 20.8 Å². The first-order valence-corrected chi connectivity index (χ1v) is 7.72. The van der Waals surface area contributed by atoms with Gasteiger partial charge >= 0.3 is 0 Å². The van der Waals surface area contributed by atoms with Crippen molar-refractivity contribution in [3.8, 4) is 0 Å². The summed E-state index contributed by atoms with van der Waals surface area (Å²) >= 11 is 0. The van der Waals surface area contributed by atoms with Crippen molar-refractivity contribution in [2.75, 3.05) is 25.5 Å². The Hall–Kier alpha value is -2.14. The molecule has 0 bridgehead atoms. The van der Waals surface area contributed by atoms with E-state index in [-0.39, 0.29) is 24.4 Å². The number of anilines is 1. The lowest BCUT2D eigenvalue weighted by atomic mass is 10.1. The fourth-order valence-electron chi connectivity index (χ4n) is 2.44. The Bertz CT molecular complexity index is 573. The van der Waals surface area contributed by atoms with Gasteiger partial charge in [-0.2, -0.15) is 0 Å². The topological polar surface area (TPSA) is 61.4 Å². The zero-order valence-corrected chi connectivity index (χ0v) is 14.7. The first-order valence-electron chi connectivity index (χ1n) is 7.72. The van der Waals surface area contributed by atoms with Gasteiger partial charge in [0.2, 0.25) is 11.8 Å². The molecule has 1 aromatic rings. The summed E-state index contributed by atoms with van der Waals surface area (Å²) in [6.07, 6.45) is 1.63. The van der Waals surface area contributed by atoms with Crippen LogP contribution in [-0.4, -0.2) is 42.9 Å². The highest BCUT2D eigenvalue weighted by atomic mass is 16.2. The minimum atomic E-state index is -0.388. The second kappa shape index (κ2) is 8.48. The van der Waals surface area contributed by atoms with Crippen LogP contribution in [0.1, 0.15) is 23.6 Å². The van der Waals surface area contributed by atoms with Crippen LogP contribution in [0.5, 0.6) is 0 Å². The van der Waals surface area contributed by atoms with Crippen molar-refractivity contribution in [3.63, 3.8) is 0 Å². The van der Waals surface area contributed by atoms with Crippen LogP contribution in [-0.2, 0) is 9.59 Å². The van der Waals surface area contributed by atoms with Crippen molar-refractivity contribution in [1.29, 1.82) is 0 Å². The molecular formula is C18H27N3O2. The molecule has 0 fully saturated rings. The van der Waals surface area contributed by atoms with Gasteiger partial charge in [-0.3, -0.25) is 14.5 Å². The van der Waals surface area contributed by atoms with E-state index in [1.807, 2.05) is 32.9 Å². The van der Waals surface area contributed by atoms with E-state index in [2.05, 4.69) is 17.2 Å². The summed E-state index contributed by atoms with van der Waals surface area (Å²) in [5, 5.41) is 5.68. The zero-order valence-electron chi connectivity index (χ0n) is 14.7. The van der Waals surface area contributed by atoms with Crippen molar-refractivity contribution >= 4 is 17.5 Å². The summed E-state index contributed by atoms with van der Waals surface area (Å²) in [6.45, 7) is 11.9. The van der Waals surface area contributed by atoms with Crippen molar-refractivity contribution < 1.29 is 9.59 Å². The molecule has 0 radical (unpaired) electrons. The predicted octanol–water partition coefficient (Wildman–Crippen LogP) is 2.17. The third kappa shape index (κ3) is 5.53. The maximum atomic E-state index is 12.3. The first-order chi connectivity index (χ1) is 10.8. The Kier molecular flexibility index (Phi) is 6.97. The molecule has 0 aliphatic heterocycles. The average molecular weight is 317 g/mol. The van der Waals surface area contributed by atoms with E-state index < -0.39 is 0 Å². The van der Waals surface area contributed by atoms with Gasteiger partial charge in [0.15, 0.2) is 0 Å². The molecule has 2 amide bonds. The highest BCUT2D eigenvalue weighted by molar-refractivity contribution is 5.94. The molecule has 2 N–H and O–H groups in total. The number of aryl methyl sites for hydroxylation is 3. The Balaban J connectivity index is 2.66. The Labute approximate surface area is 138 Å². The highest BCUT2D eigenvalue weighted by Crippen LogP contribution is 2.21. The van der Waals surface area contributed by atoms with Crippen LogP contribution in [0.15, 0.2) is 24.8 Å². The van der Waals surface area contributed by atoms with Crippen molar-refractivity contribution in [2.45, 2.75) is 33.7 Å². The normalized spacial score (nSPS) is 11.9. The number of carbonyl (C=O) groups is 2. The van der Waals surface area contributed by atoms with Crippen LogP contribution in [0.3, 0.4) is 0 Å². The minimum absolute atomic E-state index is 0.122. The molecule has 0 saturated heterocycles. The van der Waals surface area contributed by atoms with E-state index in [1.165, 1.54) is 5.56 Å². The second-order valence-corrected chi connectivity index (χ2v) is 5.95. The molecule has 1 aromatic carbocycles. The number of nitrogens with zero attached hydrogens (tertiary/aromatic N) is 1. The number of rotatable bonds is 7. The number of hydrogen-bond donors (Lipinski definition) is 2. The minimum Gasteiger partial charge on any atom is -0.351 e. The number of hydrogen-bond acceptors (Lipinski definition) is 3. The Morgan fingerprint density at radius 3 is 2.35 bits per heavy atom. The van der Waals surface area contributed by atoms with E-state index >= 15 is 0 Å². The van der Waals surface area contributed by atoms with Crippen LogP contribution >= 0.6 is 0 Å². The molecule has 126 valence electrons. The summed E-state index contributed by atoms with van der Waals surface area (Å²) in [7, 11) is 1.76. The molecule has 1 unspecified atom stereocenters.